The lowest BCUT2D eigenvalue weighted by molar-refractivity contribution is 0.560. The van der Waals surface area contributed by atoms with Crippen molar-refractivity contribution >= 4 is 27.2 Å². The van der Waals surface area contributed by atoms with E-state index in [4.69, 9.17) is 5.73 Å². The highest BCUT2D eigenvalue weighted by Crippen LogP contribution is 2.56. The van der Waals surface area contributed by atoms with Gasteiger partial charge >= 0.3 is 0 Å². The van der Waals surface area contributed by atoms with Crippen LogP contribution >= 0.6 is 0 Å². The molecule has 4 atom stereocenters. The molecule has 0 heterocycles. The smallest absolute Gasteiger partial charge is 0.0353 e. The van der Waals surface area contributed by atoms with E-state index in [1.165, 1.54) is 107 Å². The number of nitrogens with two attached hydrogens (primary N) is 1. The Hall–Kier alpha value is -7.48. The van der Waals surface area contributed by atoms with E-state index in [2.05, 4.69) is 296 Å². The fourth-order valence-electron chi connectivity index (χ4n) is 10.9. The third-order valence-electron chi connectivity index (χ3n) is 16.0. The molecule has 3 unspecified atom stereocenters. The van der Waals surface area contributed by atoms with Crippen molar-refractivity contribution in [3.05, 3.63) is 281 Å². The minimum Gasteiger partial charge on any atom is -0.398 e. The highest BCUT2D eigenvalue weighted by atomic mass is 14.6. The Morgan fingerprint density at radius 3 is 1.82 bits per heavy atom. The summed E-state index contributed by atoms with van der Waals surface area (Å²) in [5.41, 5.74) is 26.0. The summed E-state index contributed by atoms with van der Waals surface area (Å²) < 4.78 is 0. The number of benzene rings is 8. The zero-order chi connectivity index (χ0) is 57.1. The van der Waals surface area contributed by atoms with Crippen LogP contribution < -0.4 is 5.73 Å². The second-order valence-corrected chi connectivity index (χ2v) is 22.3. The molecule has 0 bridgehead atoms. The van der Waals surface area contributed by atoms with Crippen molar-refractivity contribution < 1.29 is 0 Å². The molecule has 2 N–H and O–H groups in total. The molecule has 0 amide bonds. The van der Waals surface area contributed by atoms with E-state index in [-0.39, 0.29) is 5.41 Å². The first-order valence-corrected chi connectivity index (χ1v) is 29.2. The normalized spacial score (nSPS) is 15.6. The maximum Gasteiger partial charge on any atom is 0.0353 e. The van der Waals surface area contributed by atoms with Crippen LogP contribution in [0.4, 0.5) is 0 Å². The van der Waals surface area contributed by atoms with Crippen molar-refractivity contribution in [1.82, 2.24) is 0 Å². The topological polar surface area (TPSA) is 26.0 Å². The summed E-state index contributed by atoms with van der Waals surface area (Å²) in [5, 5.41) is 5.47. The first-order chi connectivity index (χ1) is 38.1. The molecule has 2 aliphatic rings. The summed E-state index contributed by atoms with van der Waals surface area (Å²) in [6, 6.07) is 61.3. The Labute approximate surface area is 478 Å². The Balaban J connectivity index is 0.000000187. The zero-order valence-corrected chi connectivity index (χ0v) is 50.2. The number of fused-ring (bicyclic) bond motifs is 8. The third kappa shape index (κ3) is 15.4. The molecule has 1 nitrogen and oxygen atoms in total. The van der Waals surface area contributed by atoms with Gasteiger partial charge in [0, 0.05) is 17.0 Å². The summed E-state index contributed by atoms with van der Waals surface area (Å²) in [6.07, 6.45) is 21.5. The van der Waals surface area contributed by atoms with Gasteiger partial charge in [-0.15, -0.1) is 0 Å². The van der Waals surface area contributed by atoms with E-state index in [0.29, 0.717) is 17.8 Å². The van der Waals surface area contributed by atoms with E-state index < -0.39 is 0 Å². The van der Waals surface area contributed by atoms with Gasteiger partial charge in [-0.2, -0.15) is 0 Å². The minimum absolute atomic E-state index is 0.0674. The van der Waals surface area contributed by atoms with Crippen molar-refractivity contribution in [2.75, 3.05) is 0 Å². The van der Waals surface area contributed by atoms with Gasteiger partial charge in [-0.05, 0) is 165 Å². The van der Waals surface area contributed by atoms with Crippen molar-refractivity contribution in [2.45, 2.75) is 133 Å². The Morgan fingerprint density at radius 1 is 0.658 bits per heavy atom. The van der Waals surface area contributed by atoms with Crippen LogP contribution in [0, 0.1) is 25.7 Å². The predicted octanol–water partition coefficient (Wildman–Crippen LogP) is 22.4. The third-order valence-corrected chi connectivity index (χ3v) is 16.0. The van der Waals surface area contributed by atoms with Crippen molar-refractivity contribution in [1.29, 1.82) is 0 Å². The van der Waals surface area contributed by atoms with Gasteiger partial charge in [0.2, 0.25) is 0 Å². The summed E-state index contributed by atoms with van der Waals surface area (Å²) in [6.45, 7) is 32.7. The van der Waals surface area contributed by atoms with Gasteiger partial charge in [-0.25, -0.2) is 0 Å². The molecule has 0 saturated heterocycles. The molecule has 10 rings (SSSR count). The van der Waals surface area contributed by atoms with Gasteiger partial charge < -0.3 is 5.73 Å². The fraction of sp³-hybridized carbons (Fsp3) is 0.282. The van der Waals surface area contributed by atoms with Gasteiger partial charge in [-0.1, -0.05) is 293 Å². The Kier molecular flexibility index (Phi) is 22.7. The first-order valence-electron chi connectivity index (χ1n) is 29.2. The van der Waals surface area contributed by atoms with Crippen molar-refractivity contribution in [2.24, 2.45) is 17.6 Å². The summed E-state index contributed by atoms with van der Waals surface area (Å²) >= 11 is 0. The Bertz CT molecular complexity index is 3390. The van der Waals surface area contributed by atoms with Crippen LogP contribution in [0.2, 0.25) is 0 Å². The molecule has 0 aromatic heterocycles. The summed E-state index contributed by atoms with van der Waals surface area (Å²) in [7, 11) is 0. The molecule has 0 spiro atoms. The number of hydrogen-bond acceptors (Lipinski definition) is 1. The average molecular weight is 1040 g/mol. The van der Waals surface area contributed by atoms with Crippen LogP contribution in [0.5, 0.6) is 0 Å². The second kappa shape index (κ2) is 29.5. The maximum atomic E-state index is 6.14. The van der Waals surface area contributed by atoms with Crippen molar-refractivity contribution in [3.63, 3.8) is 0 Å². The van der Waals surface area contributed by atoms with E-state index >= 15 is 0 Å². The van der Waals surface area contributed by atoms with Crippen molar-refractivity contribution in [3.8, 4) is 22.3 Å². The van der Waals surface area contributed by atoms with Gasteiger partial charge in [0.25, 0.3) is 0 Å². The van der Waals surface area contributed by atoms with E-state index in [0.717, 1.165) is 30.0 Å². The lowest BCUT2D eigenvalue weighted by Crippen LogP contribution is -2.16. The van der Waals surface area contributed by atoms with Gasteiger partial charge in [0.1, 0.15) is 0 Å². The Morgan fingerprint density at radius 2 is 1.24 bits per heavy atom. The van der Waals surface area contributed by atoms with Gasteiger partial charge in [0.15, 0.2) is 0 Å². The summed E-state index contributed by atoms with van der Waals surface area (Å²) in [4.78, 5) is 0. The van der Waals surface area contributed by atoms with Crippen LogP contribution in [0.15, 0.2) is 236 Å². The number of rotatable bonds is 11. The number of aryl methyl sites for hydroxylation is 2. The molecule has 0 radical (unpaired) electrons. The molecule has 0 saturated carbocycles. The average Bonchev–Trinajstić information content (AvgIpc) is 3.03. The molecular weight excluding hydrogens is 951 g/mol. The van der Waals surface area contributed by atoms with Crippen LogP contribution in [0.3, 0.4) is 0 Å². The van der Waals surface area contributed by atoms with E-state index in [9.17, 15) is 0 Å². The van der Waals surface area contributed by atoms with Gasteiger partial charge in [-0.3, -0.25) is 0 Å². The largest absolute Gasteiger partial charge is 0.398 e. The first kappa shape index (κ1) is 60.7. The molecule has 1 heteroatoms. The fourth-order valence-corrected chi connectivity index (χ4v) is 10.9. The molecule has 2 aliphatic carbocycles. The SMILES string of the molecule is C/C=C\CC.C=C/C(C)=C1\C=CC=CC1C.CCC(C)c1ccccc1-c1cc2c(cc1C)-c1c(c3ccccc3c3ccccc13)C2(C)C.CC[C@@H](C)Cc1ccccc1.Cc1ccc(/C(N)=C/C(C)c2ccccc2)cc1. The molecule has 79 heavy (non-hydrogen) atoms. The number of allylic oxidation sites excluding steroid dienone is 10. The molecule has 0 fully saturated rings. The standard InChI is InChI=1S/C34H32.C17H19N.C11H14.C11H16.C5H10/c1-6-21(2)23-13-7-8-14-24(23)29-20-31-30(19-22(29)3)32-27-17-11-9-15-25(27)26-16-10-12-18-28(26)33(32)34(31,4)5;1-13-8-10-16(11-9-13)17(18)12-14(2)15-6-4-3-5-7-15;1-4-9(2)11-8-6-5-7-10(11)3;1-3-10(2)9-11-7-5-4-6-8-11;1-3-5-4-2/h7-21H,6H2,1-5H3;3-12,14H,18H2,1-2H3;4-8,10H,1H2,2-3H3;4-8,10H,3,9H2,1-2H3;3,5H,4H2,1-2H3/b;17-12-;11-9+;;5-3-/t;;;10-;/m...1./s1. The molecule has 0 aliphatic heterocycles. The second-order valence-electron chi connectivity index (χ2n) is 22.3. The van der Waals surface area contributed by atoms with Crippen LogP contribution in [-0.4, -0.2) is 0 Å². The zero-order valence-electron chi connectivity index (χ0n) is 50.2. The van der Waals surface area contributed by atoms with E-state index in [1.54, 1.807) is 0 Å². The maximum absolute atomic E-state index is 6.14. The van der Waals surface area contributed by atoms with Crippen LogP contribution in [0.25, 0.3) is 49.5 Å². The lowest BCUT2D eigenvalue weighted by Gasteiger charge is -2.25. The number of hydrogen-bond donors (Lipinski definition) is 1. The summed E-state index contributed by atoms with van der Waals surface area (Å²) in [5.74, 6) is 2.23. The van der Waals surface area contributed by atoms with E-state index in [1.807, 2.05) is 19.1 Å². The highest BCUT2D eigenvalue weighted by Gasteiger charge is 2.39. The predicted molar refractivity (Wildman–Crippen MR) is 351 cm³/mol. The molecule has 408 valence electrons. The monoisotopic (exact) mass is 1040 g/mol. The van der Waals surface area contributed by atoms with Crippen LogP contribution in [-0.2, 0) is 11.8 Å². The molecular formula is C78H91N. The quantitative estimate of drug-likeness (QED) is 0.101. The highest BCUT2D eigenvalue weighted by molar-refractivity contribution is 6.18. The van der Waals surface area contributed by atoms with Gasteiger partial charge in [0.05, 0.1) is 0 Å². The lowest BCUT2D eigenvalue weighted by atomic mass is 9.78. The van der Waals surface area contributed by atoms with Crippen LogP contribution in [0.1, 0.15) is 152 Å². The molecule has 8 aromatic carbocycles. The molecule has 8 aromatic rings. The minimum atomic E-state index is -0.0674.